The van der Waals surface area contributed by atoms with E-state index in [1.165, 1.54) is 35.4 Å². The van der Waals surface area contributed by atoms with Crippen LogP contribution in [0.25, 0.3) is 11.1 Å². The van der Waals surface area contributed by atoms with Crippen molar-refractivity contribution in [3.63, 3.8) is 0 Å². The third-order valence-electron chi connectivity index (χ3n) is 6.80. The number of hydrogen-bond donors (Lipinski definition) is 1. The van der Waals surface area contributed by atoms with Crippen molar-refractivity contribution in [2.45, 2.75) is 59.0 Å². The minimum atomic E-state index is -0.277. The summed E-state index contributed by atoms with van der Waals surface area (Å²) in [5, 5.41) is 8.78. The number of aromatic nitrogens is 3. The zero-order chi connectivity index (χ0) is 22.9. The van der Waals surface area contributed by atoms with E-state index in [0.29, 0.717) is 13.2 Å². The highest BCUT2D eigenvalue weighted by Crippen LogP contribution is 2.43. The number of hydrogen-bond acceptors (Lipinski definition) is 6. The Kier molecular flexibility index (Phi) is 4.59. The second-order valence-corrected chi connectivity index (χ2v) is 11.1. The van der Waals surface area contributed by atoms with Gasteiger partial charge in [-0.3, -0.25) is 9.48 Å². The molecular formula is C25H29N5O2S. The number of anilines is 2. The second-order valence-electron chi connectivity index (χ2n) is 10.1. The highest BCUT2D eigenvalue weighted by atomic mass is 32.1. The molecule has 1 N–H and O–H groups in total. The van der Waals surface area contributed by atoms with E-state index in [1.54, 1.807) is 0 Å². The van der Waals surface area contributed by atoms with Crippen LogP contribution in [0.15, 0.2) is 18.2 Å². The molecule has 1 aromatic carbocycles. The molecule has 2 aliphatic heterocycles. The quantitative estimate of drug-likeness (QED) is 0.611. The Hall–Kier alpha value is -2.87. The summed E-state index contributed by atoms with van der Waals surface area (Å²) in [5.41, 5.74) is 6.22. The minimum absolute atomic E-state index is 0.0263. The molecule has 8 heteroatoms. The minimum Gasteiger partial charge on any atom is -0.490 e. The summed E-state index contributed by atoms with van der Waals surface area (Å²) in [6, 6.07) is 6.37. The molecule has 1 fully saturated rings. The summed E-state index contributed by atoms with van der Waals surface area (Å²) in [6.07, 6.45) is 3.36. The van der Waals surface area contributed by atoms with E-state index in [9.17, 15) is 4.79 Å². The number of fused-ring (bicyclic) bond motifs is 2. The molecule has 3 aromatic rings. The van der Waals surface area contributed by atoms with Gasteiger partial charge >= 0.3 is 0 Å². The van der Waals surface area contributed by atoms with Crippen LogP contribution in [0.1, 0.15) is 53.4 Å². The van der Waals surface area contributed by atoms with Crippen molar-refractivity contribution in [2.24, 2.45) is 5.92 Å². The molecule has 6 rings (SSSR count). The SMILES string of the molecule is Cc1nn(CC2CC2)c(C)c1-c1ccc2c(c1)N(c1nc3c(s1)C(=O)NC(C)(C)C3)CCO2. The number of carbonyl (C=O) groups is 1. The van der Waals surface area contributed by atoms with Crippen LogP contribution in [0.2, 0.25) is 0 Å². The molecule has 1 amide bonds. The molecule has 7 nitrogen and oxygen atoms in total. The smallest absolute Gasteiger partial charge is 0.263 e. The lowest BCUT2D eigenvalue weighted by molar-refractivity contribution is 0.0901. The molecule has 1 aliphatic carbocycles. The maximum atomic E-state index is 12.6. The maximum absolute atomic E-state index is 12.6. The molecule has 33 heavy (non-hydrogen) atoms. The highest BCUT2D eigenvalue weighted by molar-refractivity contribution is 7.17. The largest absolute Gasteiger partial charge is 0.490 e. The average Bonchev–Trinajstić information content (AvgIpc) is 3.40. The van der Waals surface area contributed by atoms with Crippen molar-refractivity contribution in [2.75, 3.05) is 18.1 Å². The molecule has 1 saturated carbocycles. The van der Waals surface area contributed by atoms with Gasteiger partial charge in [0.25, 0.3) is 5.91 Å². The lowest BCUT2D eigenvalue weighted by atomic mass is 9.94. The van der Waals surface area contributed by atoms with Crippen LogP contribution >= 0.6 is 11.3 Å². The summed E-state index contributed by atoms with van der Waals surface area (Å²) in [5.74, 6) is 1.60. The summed E-state index contributed by atoms with van der Waals surface area (Å²) in [4.78, 5) is 20.5. The van der Waals surface area contributed by atoms with Gasteiger partial charge in [0.15, 0.2) is 5.13 Å². The molecule has 0 unspecified atom stereocenters. The van der Waals surface area contributed by atoms with E-state index >= 15 is 0 Å². The van der Waals surface area contributed by atoms with Gasteiger partial charge in [-0.2, -0.15) is 5.10 Å². The van der Waals surface area contributed by atoms with E-state index in [2.05, 4.69) is 46.9 Å². The first-order valence-corrected chi connectivity index (χ1v) is 12.5. The Morgan fingerprint density at radius 2 is 2.09 bits per heavy atom. The number of nitrogens with one attached hydrogen (secondary N) is 1. The maximum Gasteiger partial charge on any atom is 0.263 e. The standard InChI is InChI=1S/C25H29N5O2S/c1-14-21(15(2)30(28-14)13-16-5-6-16)17-7-8-20-19(11-17)29(9-10-32-20)24-26-18-12-25(3,4)27-23(31)22(18)33-24/h7-8,11,16H,5-6,9-10,12-13H2,1-4H3,(H,27,31). The molecule has 4 heterocycles. The monoisotopic (exact) mass is 463 g/mol. The summed E-state index contributed by atoms with van der Waals surface area (Å²) in [7, 11) is 0. The number of ether oxygens (including phenoxy) is 1. The van der Waals surface area contributed by atoms with Gasteiger partial charge in [0.2, 0.25) is 0 Å². The molecule has 2 aromatic heterocycles. The number of rotatable bonds is 4. The molecule has 172 valence electrons. The Bertz CT molecular complexity index is 1270. The number of nitrogens with zero attached hydrogens (tertiary/aromatic N) is 4. The average molecular weight is 464 g/mol. The topological polar surface area (TPSA) is 72.3 Å². The van der Waals surface area contributed by atoms with Crippen molar-refractivity contribution < 1.29 is 9.53 Å². The van der Waals surface area contributed by atoms with Gasteiger partial charge < -0.3 is 15.0 Å². The first-order valence-electron chi connectivity index (χ1n) is 11.7. The Labute approximate surface area is 197 Å². The van der Waals surface area contributed by atoms with Crippen molar-refractivity contribution >= 4 is 28.1 Å². The van der Waals surface area contributed by atoms with Gasteiger partial charge in [0.1, 0.15) is 17.2 Å². The van der Waals surface area contributed by atoms with E-state index in [1.807, 2.05) is 13.8 Å². The third-order valence-corrected chi connectivity index (χ3v) is 7.92. The van der Waals surface area contributed by atoms with E-state index in [4.69, 9.17) is 14.8 Å². The van der Waals surface area contributed by atoms with E-state index in [-0.39, 0.29) is 11.4 Å². The van der Waals surface area contributed by atoms with Crippen molar-refractivity contribution in [3.05, 3.63) is 40.2 Å². The second kappa shape index (κ2) is 7.32. The third kappa shape index (κ3) is 3.60. The van der Waals surface area contributed by atoms with Gasteiger partial charge in [0, 0.05) is 29.8 Å². The summed E-state index contributed by atoms with van der Waals surface area (Å²) < 4.78 is 8.16. The Morgan fingerprint density at radius 1 is 1.27 bits per heavy atom. The predicted octanol–water partition coefficient (Wildman–Crippen LogP) is 4.63. The highest BCUT2D eigenvalue weighted by Gasteiger charge is 2.35. The van der Waals surface area contributed by atoms with Crippen LogP contribution < -0.4 is 15.0 Å². The predicted molar refractivity (Wildman–Crippen MR) is 130 cm³/mol. The van der Waals surface area contributed by atoms with Gasteiger partial charge in [-0.05, 0) is 64.2 Å². The molecule has 0 bridgehead atoms. The van der Waals surface area contributed by atoms with E-state index in [0.717, 1.165) is 57.3 Å². The van der Waals surface area contributed by atoms with E-state index < -0.39 is 0 Å². The van der Waals surface area contributed by atoms with Gasteiger partial charge in [-0.15, -0.1) is 0 Å². The molecule has 0 atom stereocenters. The zero-order valence-electron chi connectivity index (χ0n) is 19.6. The first-order chi connectivity index (χ1) is 15.8. The lowest BCUT2D eigenvalue weighted by Gasteiger charge is -2.30. The number of amides is 1. The Morgan fingerprint density at radius 3 is 2.88 bits per heavy atom. The molecular weight excluding hydrogens is 434 g/mol. The molecule has 0 saturated heterocycles. The van der Waals surface area contributed by atoms with Crippen molar-refractivity contribution in [1.29, 1.82) is 0 Å². The van der Waals surface area contributed by atoms with Crippen molar-refractivity contribution in [1.82, 2.24) is 20.1 Å². The van der Waals surface area contributed by atoms with Gasteiger partial charge in [-0.25, -0.2) is 4.98 Å². The van der Waals surface area contributed by atoms with Crippen LogP contribution in [0.3, 0.4) is 0 Å². The van der Waals surface area contributed by atoms with Crippen LogP contribution in [-0.4, -0.2) is 39.4 Å². The number of carbonyl (C=O) groups excluding carboxylic acids is 1. The van der Waals surface area contributed by atoms with Gasteiger partial charge in [-0.1, -0.05) is 17.4 Å². The fraction of sp³-hybridized carbons (Fsp3) is 0.480. The number of benzene rings is 1. The number of thiazole rings is 1. The summed E-state index contributed by atoms with van der Waals surface area (Å²) in [6.45, 7) is 10.6. The lowest BCUT2D eigenvalue weighted by Crippen LogP contribution is -2.48. The first kappa shape index (κ1) is 20.7. The normalized spacial score (nSPS) is 19.0. The zero-order valence-corrected chi connectivity index (χ0v) is 20.4. The van der Waals surface area contributed by atoms with Crippen LogP contribution in [-0.2, 0) is 13.0 Å². The molecule has 0 spiro atoms. The Balaban J connectivity index is 1.39. The van der Waals surface area contributed by atoms with Crippen molar-refractivity contribution in [3.8, 4) is 16.9 Å². The fourth-order valence-electron chi connectivity index (χ4n) is 4.99. The fourth-order valence-corrected chi connectivity index (χ4v) is 6.01. The van der Waals surface area contributed by atoms with Crippen LogP contribution in [0.5, 0.6) is 5.75 Å². The van der Waals surface area contributed by atoms with Crippen LogP contribution in [0.4, 0.5) is 10.8 Å². The molecule has 3 aliphatic rings. The van der Waals surface area contributed by atoms with Crippen LogP contribution in [0, 0.1) is 19.8 Å². The van der Waals surface area contributed by atoms with Gasteiger partial charge in [0.05, 0.1) is 23.6 Å². The number of aryl methyl sites for hydroxylation is 1. The molecule has 0 radical (unpaired) electrons. The summed E-state index contributed by atoms with van der Waals surface area (Å²) >= 11 is 1.47.